The molecule has 0 saturated carbocycles. The minimum absolute atomic E-state index is 0.00529. The van der Waals surface area contributed by atoms with Gasteiger partial charge in [-0.3, -0.25) is 4.79 Å². The Bertz CT molecular complexity index is 705. The van der Waals surface area contributed by atoms with Crippen LogP contribution in [0.2, 0.25) is 0 Å². The van der Waals surface area contributed by atoms with Gasteiger partial charge in [0.25, 0.3) is 0 Å². The van der Waals surface area contributed by atoms with Gasteiger partial charge in [0.1, 0.15) is 24.5 Å². The molecule has 1 aromatic rings. The average Bonchev–Trinajstić information content (AvgIpc) is 2.82. The van der Waals surface area contributed by atoms with Crippen molar-refractivity contribution in [3.05, 3.63) is 29.8 Å². The topological polar surface area (TPSA) is 76.1 Å². The van der Waals surface area contributed by atoms with Gasteiger partial charge < -0.3 is 19.5 Å². The van der Waals surface area contributed by atoms with E-state index in [9.17, 15) is 9.59 Å². The van der Waals surface area contributed by atoms with E-state index in [2.05, 4.69) is 13.8 Å². The molecule has 2 rings (SSSR count). The van der Waals surface area contributed by atoms with Crippen molar-refractivity contribution < 1.29 is 24.2 Å². The van der Waals surface area contributed by atoms with Gasteiger partial charge in [0, 0.05) is 19.9 Å². The van der Waals surface area contributed by atoms with Crippen LogP contribution in [-0.4, -0.2) is 54.3 Å². The number of cyclic esters (lactones) is 1. The Morgan fingerprint density at radius 2 is 1.85 bits per heavy atom. The van der Waals surface area contributed by atoms with E-state index in [1.807, 2.05) is 24.3 Å². The highest BCUT2D eigenvalue weighted by Gasteiger charge is 2.30. The van der Waals surface area contributed by atoms with Gasteiger partial charge in [0.15, 0.2) is 0 Å². The normalized spacial score (nSPS) is 23.3. The zero-order valence-corrected chi connectivity index (χ0v) is 20.8. The Kier molecular flexibility index (Phi) is 12.3. The minimum atomic E-state index is -0.645. The molecule has 1 aliphatic heterocycles. The van der Waals surface area contributed by atoms with Crippen LogP contribution in [0.3, 0.4) is 0 Å². The second kappa shape index (κ2) is 14.9. The lowest BCUT2D eigenvalue weighted by atomic mass is 9.95. The fraction of sp³-hybridized carbons (Fsp3) is 0.704. The quantitative estimate of drug-likeness (QED) is 0.418. The second-order valence-corrected chi connectivity index (χ2v) is 9.42. The van der Waals surface area contributed by atoms with Gasteiger partial charge >= 0.3 is 5.97 Å². The number of ether oxygens (including phenoxy) is 2. The lowest BCUT2D eigenvalue weighted by molar-refractivity contribution is -0.159. The fourth-order valence-electron chi connectivity index (χ4n) is 4.35. The van der Waals surface area contributed by atoms with Crippen LogP contribution >= 0.6 is 0 Å². The number of aliphatic hydroxyl groups excluding tert-OH is 1. The van der Waals surface area contributed by atoms with Crippen molar-refractivity contribution in [3.63, 3.8) is 0 Å². The number of hydrogen-bond acceptors (Lipinski definition) is 5. The maximum absolute atomic E-state index is 13.3. The van der Waals surface area contributed by atoms with E-state index in [0.717, 1.165) is 63.4 Å². The summed E-state index contributed by atoms with van der Waals surface area (Å²) in [5.41, 5.74) is 0.938. The molecule has 1 fully saturated rings. The summed E-state index contributed by atoms with van der Waals surface area (Å²) in [6.45, 7) is 4.63. The Hall–Kier alpha value is -2.08. The highest BCUT2D eigenvalue weighted by molar-refractivity contribution is 5.84. The Morgan fingerprint density at radius 1 is 1.09 bits per heavy atom. The number of unbranched alkanes of at least 4 members (excludes halogenated alkanes) is 2. The van der Waals surface area contributed by atoms with Crippen LogP contribution in [0.15, 0.2) is 24.3 Å². The summed E-state index contributed by atoms with van der Waals surface area (Å²) in [4.78, 5) is 27.8. The summed E-state index contributed by atoms with van der Waals surface area (Å²) in [6.07, 6.45) is 9.91. The van der Waals surface area contributed by atoms with Crippen LogP contribution in [-0.2, 0) is 20.7 Å². The van der Waals surface area contributed by atoms with Gasteiger partial charge in [-0.25, -0.2) is 4.79 Å². The molecule has 33 heavy (non-hydrogen) atoms. The third kappa shape index (κ3) is 9.75. The van der Waals surface area contributed by atoms with Crippen LogP contribution in [0.1, 0.15) is 83.6 Å². The van der Waals surface area contributed by atoms with Gasteiger partial charge in [0.2, 0.25) is 5.91 Å². The van der Waals surface area contributed by atoms with E-state index in [4.69, 9.17) is 14.6 Å². The van der Waals surface area contributed by atoms with Gasteiger partial charge in [0.05, 0.1) is 6.61 Å². The van der Waals surface area contributed by atoms with E-state index in [0.29, 0.717) is 24.5 Å². The first-order chi connectivity index (χ1) is 15.9. The van der Waals surface area contributed by atoms with Crippen molar-refractivity contribution in [2.45, 2.75) is 96.6 Å². The van der Waals surface area contributed by atoms with E-state index in [-0.39, 0.29) is 31.2 Å². The number of esters is 1. The van der Waals surface area contributed by atoms with Gasteiger partial charge in [-0.15, -0.1) is 0 Å². The maximum Gasteiger partial charge on any atom is 0.329 e. The Labute approximate surface area is 199 Å². The van der Waals surface area contributed by atoms with Crippen molar-refractivity contribution >= 4 is 11.9 Å². The predicted octanol–water partition coefficient (Wildman–Crippen LogP) is 4.91. The lowest BCUT2D eigenvalue weighted by Crippen LogP contribution is -2.45. The first kappa shape index (κ1) is 27.2. The first-order valence-corrected chi connectivity index (χ1v) is 12.7. The van der Waals surface area contributed by atoms with Crippen LogP contribution in [0.5, 0.6) is 5.75 Å². The van der Waals surface area contributed by atoms with Crippen molar-refractivity contribution in [2.24, 2.45) is 5.92 Å². The van der Waals surface area contributed by atoms with Crippen molar-refractivity contribution in [2.75, 3.05) is 20.3 Å². The molecule has 1 N–H and O–H groups in total. The molecule has 0 unspecified atom stereocenters. The van der Waals surface area contributed by atoms with Gasteiger partial charge in [-0.2, -0.15) is 0 Å². The van der Waals surface area contributed by atoms with Crippen molar-refractivity contribution in [1.29, 1.82) is 0 Å². The third-order valence-corrected chi connectivity index (χ3v) is 6.58. The summed E-state index contributed by atoms with van der Waals surface area (Å²) in [5, 5.41) is 8.92. The highest BCUT2D eigenvalue weighted by atomic mass is 16.5. The van der Waals surface area contributed by atoms with Crippen molar-refractivity contribution in [1.82, 2.24) is 4.90 Å². The lowest BCUT2D eigenvalue weighted by Gasteiger charge is -2.29. The van der Waals surface area contributed by atoms with Crippen LogP contribution in [0.25, 0.3) is 0 Å². The SMILES string of the molecule is CCCCC[C@@H]1CC[C@@H](C)CCCCC(=O)N(C)[C@@H](Cc2ccc(OCCO)cc2)C(=O)O1. The molecule has 1 aromatic carbocycles. The standard InChI is InChI=1S/C27H43NO5/c1-4-5-6-10-24-15-12-21(2)9-7-8-11-26(30)28(3)25(27(31)33-24)20-22-13-16-23(17-14-22)32-19-18-29/h13-14,16-17,21,24-25,29H,4-12,15,18-20H2,1-3H3/t21-,24+,25-/m0/s1. The highest BCUT2D eigenvalue weighted by Crippen LogP contribution is 2.23. The smallest absolute Gasteiger partial charge is 0.329 e. The number of rotatable bonds is 9. The zero-order valence-electron chi connectivity index (χ0n) is 20.8. The van der Waals surface area contributed by atoms with Gasteiger partial charge in [-0.05, 0) is 55.7 Å². The maximum atomic E-state index is 13.3. The molecule has 1 amide bonds. The number of carbonyl (C=O) groups excluding carboxylic acids is 2. The minimum Gasteiger partial charge on any atom is -0.491 e. The van der Waals surface area contributed by atoms with E-state index in [1.165, 1.54) is 0 Å². The molecule has 6 heteroatoms. The Morgan fingerprint density at radius 3 is 2.55 bits per heavy atom. The molecule has 186 valence electrons. The molecular formula is C27H43NO5. The van der Waals surface area contributed by atoms with Crippen LogP contribution < -0.4 is 4.74 Å². The van der Waals surface area contributed by atoms with E-state index < -0.39 is 6.04 Å². The van der Waals surface area contributed by atoms with Crippen molar-refractivity contribution in [3.8, 4) is 5.75 Å². The molecule has 0 bridgehead atoms. The van der Waals surface area contributed by atoms with E-state index in [1.54, 1.807) is 11.9 Å². The average molecular weight is 462 g/mol. The summed E-state index contributed by atoms with van der Waals surface area (Å²) in [7, 11) is 1.72. The molecule has 1 saturated heterocycles. The van der Waals surface area contributed by atoms with Crippen LogP contribution in [0.4, 0.5) is 0 Å². The molecule has 6 nitrogen and oxygen atoms in total. The summed E-state index contributed by atoms with van der Waals surface area (Å²) < 4.78 is 11.5. The summed E-state index contributed by atoms with van der Waals surface area (Å²) in [6, 6.07) is 6.81. The first-order valence-electron chi connectivity index (χ1n) is 12.7. The zero-order chi connectivity index (χ0) is 24.1. The molecule has 1 aliphatic rings. The molecule has 0 aromatic heterocycles. The molecule has 0 aliphatic carbocycles. The van der Waals surface area contributed by atoms with Crippen LogP contribution in [0, 0.1) is 5.92 Å². The number of nitrogens with zero attached hydrogens (tertiary/aromatic N) is 1. The monoisotopic (exact) mass is 461 g/mol. The summed E-state index contributed by atoms with van der Waals surface area (Å²) in [5.74, 6) is 0.933. The number of likely N-dealkylation sites (N-methyl/N-ethyl adjacent to an activating group) is 1. The number of amides is 1. The second-order valence-electron chi connectivity index (χ2n) is 9.42. The number of carbonyl (C=O) groups is 2. The molecule has 1 heterocycles. The van der Waals surface area contributed by atoms with E-state index >= 15 is 0 Å². The molecule has 0 radical (unpaired) electrons. The van der Waals surface area contributed by atoms with Gasteiger partial charge in [-0.1, -0.05) is 51.7 Å². The molecule has 0 spiro atoms. The predicted molar refractivity (Wildman–Crippen MR) is 130 cm³/mol. The molecular weight excluding hydrogens is 418 g/mol. The Balaban J connectivity index is 2.17. The fourth-order valence-corrected chi connectivity index (χ4v) is 4.35. The number of hydrogen-bond donors (Lipinski definition) is 1. The summed E-state index contributed by atoms with van der Waals surface area (Å²) >= 11 is 0. The number of benzene rings is 1. The third-order valence-electron chi connectivity index (χ3n) is 6.58. The largest absolute Gasteiger partial charge is 0.491 e. The number of aliphatic hydroxyl groups is 1. The molecule has 3 atom stereocenters.